The molecule has 3 aromatic rings. The summed E-state index contributed by atoms with van der Waals surface area (Å²) in [5.41, 5.74) is 3.98. The van der Waals surface area contributed by atoms with Gasteiger partial charge in [-0.25, -0.2) is 4.98 Å². The molecule has 1 aliphatic rings. The first-order valence-corrected chi connectivity index (χ1v) is 11.0. The van der Waals surface area contributed by atoms with Crippen LogP contribution in [0.2, 0.25) is 0 Å². The van der Waals surface area contributed by atoms with Gasteiger partial charge in [-0.05, 0) is 49.4 Å². The van der Waals surface area contributed by atoms with Gasteiger partial charge in [0.1, 0.15) is 17.6 Å². The first kappa shape index (κ1) is 21.6. The lowest BCUT2D eigenvalue weighted by Gasteiger charge is -2.40. The van der Waals surface area contributed by atoms with Gasteiger partial charge in [-0.15, -0.1) is 0 Å². The molecule has 2 aromatic heterocycles. The molecule has 3 heterocycles. The third kappa shape index (κ3) is 4.50. The second-order valence-corrected chi connectivity index (χ2v) is 8.54. The minimum atomic E-state index is 0.0334. The number of nitrogens with zero attached hydrogens (tertiary/aromatic N) is 5. The fourth-order valence-corrected chi connectivity index (χ4v) is 4.42. The highest BCUT2D eigenvalue weighted by atomic mass is 16.2. The first-order valence-electron chi connectivity index (χ1n) is 11.0. The van der Waals surface area contributed by atoms with Crippen molar-refractivity contribution in [1.29, 1.82) is 5.26 Å². The molecule has 0 spiro atoms. The van der Waals surface area contributed by atoms with Crippen molar-refractivity contribution in [2.45, 2.75) is 32.7 Å². The van der Waals surface area contributed by atoms with Gasteiger partial charge in [0.2, 0.25) is 0 Å². The van der Waals surface area contributed by atoms with E-state index in [9.17, 15) is 4.79 Å². The molecule has 1 aliphatic heterocycles. The van der Waals surface area contributed by atoms with Gasteiger partial charge in [-0.2, -0.15) is 10.4 Å². The number of piperidine rings is 1. The lowest BCUT2D eigenvalue weighted by Crippen LogP contribution is -2.51. The monoisotopic (exact) mass is 428 g/mol. The number of nitriles is 1. The molecule has 7 heteroatoms. The Kier molecular flexibility index (Phi) is 6.22. The number of carbonyl (C=O) groups is 1. The number of nitrogens with one attached hydrogen (secondary N) is 1. The average molecular weight is 429 g/mol. The number of rotatable bonds is 5. The molecular weight excluding hydrogens is 400 g/mol. The Morgan fingerprint density at radius 1 is 1.31 bits per heavy atom. The van der Waals surface area contributed by atoms with Crippen LogP contribution in [0.4, 0.5) is 5.82 Å². The number of carbonyl (C=O) groups excluding carboxylic acids is 1. The highest BCUT2D eigenvalue weighted by Gasteiger charge is 2.33. The Morgan fingerprint density at radius 2 is 2.16 bits per heavy atom. The van der Waals surface area contributed by atoms with Crippen LogP contribution in [0.3, 0.4) is 0 Å². The SMILES string of the molecule is Cc1ccc(-c2cnn(C)c2)c(C(=O)N2CCC[C@@H](C)[C@H]2CNc2cccc(C#N)n2)c1. The summed E-state index contributed by atoms with van der Waals surface area (Å²) in [6.07, 6.45) is 5.80. The summed E-state index contributed by atoms with van der Waals surface area (Å²) in [5.74, 6) is 1.05. The largest absolute Gasteiger partial charge is 0.368 e. The maximum atomic E-state index is 13.8. The van der Waals surface area contributed by atoms with Gasteiger partial charge in [0.25, 0.3) is 5.91 Å². The summed E-state index contributed by atoms with van der Waals surface area (Å²) in [6.45, 7) is 5.52. The van der Waals surface area contributed by atoms with Crippen LogP contribution in [-0.4, -0.2) is 44.7 Å². The molecule has 7 nitrogen and oxygen atoms in total. The van der Waals surface area contributed by atoms with Crippen LogP contribution in [0.5, 0.6) is 0 Å². The minimum Gasteiger partial charge on any atom is -0.368 e. The normalized spacial score (nSPS) is 18.2. The van der Waals surface area contributed by atoms with Gasteiger partial charge in [-0.1, -0.05) is 30.7 Å². The summed E-state index contributed by atoms with van der Waals surface area (Å²) >= 11 is 0. The van der Waals surface area contributed by atoms with Crippen LogP contribution in [0.25, 0.3) is 11.1 Å². The van der Waals surface area contributed by atoms with E-state index in [-0.39, 0.29) is 11.9 Å². The second kappa shape index (κ2) is 9.23. The van der Waals surface area contributed by atoms with Gasteiger partial charge < -0.3 is 10.2 Å². The second-order valence-electron chi connectivity index (χ2n) is 8.54. The molecule has 0 unspecified atom stereocenters. The standard InChI is InChI=1S/C25H28N6O/c1-17-9-10-21(19-14-28-30(3)16-19)22(12-17)25(32)31-11-5-6-18(2)23(31)15-27-24-8-4-7-20(13-26)29-24/h4,7-10,12,14,16,18,23H,5-6,11,15H2,1-3H3,(H,27,29)/t18-,23-/m1/s1. The van der Waals surface area contributed by atoms with Crippen molar-refractivity contribution >= 4 is 11.7 Å². The van der Waals surface area contributed by atoms with Crippen LogP contribution in [-0.2, 0) is 7.05 Å². The number of benzene rings is 1. The Balaban J connectivity index is 1.61. The molecule has 0 radical (unpaired) electrons. The van der Waals surface area contributed by atoms with E-state index in [0.29, 0.717) is 29.5 Å². The quantitative estimate of drug-likeness (QED) is 0.663. The number of amides is 1. The number of pyridine rings is 1. The van der Waals surface area contributed by atoms with Crippen molar-refractivity contribution in [2.75, 3.05) is 18.4 Å². The zero-order chi connectivity index (χ0) is 22.7. The van der Waals surface area contributed by atoms with E-state index in [1.165, 1.54) is 0 Å². The molecular formula is C25H28N6O. The molecule has 164 valence electrons. The van der Waals surface area contributed by atoms with E-state index >= 15 is 0 Å². The van der Waals surface area contributed by atoms with Crippen molar-refractivity contribution in [3.63, 3.8) is 0 Å². The first-order chi connectivity index (χ1) is 15.5. The van der Waals surface area contributed by atoms with E-state index in [1.54, 1.807) is 16.9 Å². The number of hydrogen-bond donors (Lipinski definition) is 1. The maximum absolute atomic E-state index is 13.8. The molecule has 32 heavy (non-hydrogen) atoms. The van der Waals surface area contributed by atoms with E-state index in [4.69, 9.17) is 5.26 Å². The highest BCUT2D eigenvalue weighted by Crippen LogP contribution is 2.30. The smallest absolute Gasteiger partial charge is 0.254 e. The summed E-state index contributed by atoms with van der Waals surface area (Å²) < 4.78 is 1.75. The van der Waals surface area contributed by atoms with Gasteiger partial charge in [0, 0.05) is 37.5 Å². The number of hydrogen-bond acceptors (Lipinski definition) is 5. The fourth-order valence-electron chi connectivity index (χ4n) is 4.42. The highest BCUT2D eigenvalue weighted by molar-refractivity contribution is 6.01. The van der Waals surface area contributed by atoms with Crippen LogP contribution in [0.1, 0.15) is 41.4 Å². The van der Waals surface area contributed by atoms with Crippen molar-refractivity contribution in [1.82, 2.24) is 19.7 Å². The molecule has 4 rings (SSSR count). The van der Waals surface area contributed by atoms with Crippen LogP contribution >= 0.6 is 0 Å². The van der Waals surface area contributed by atoms with E-state index in [2.05, 4.69) is 28.4 Å². The van der Waals surface area contributed by atoms with Crippen molar-refractivity contribution in [2.24, 2.45) is 13.0 Å². The predicted molar refractivity (Wildman–Crippen MR) is 124 cm³/mol. The number of likely N-dealkylation sites (tertiary alicyclic amines) is 1. The van der Waals surface area contributed by atoms with E-state index in [0.717, 1.165) is 36.1 Å². The zero-order valence-corrected chi connectivity index (χ0v) is 18.7. The Morgan fingerprint density at radius 3 is 2.91 bits per heavy atom. The zero-order valence-electron chi connectivity index (χ0n) is 18.7. The average Bonchev–Trinajstić information content (AvgIpc) is 3.23. The Bertz CT molecular complexity index is 1160. The minimum absolute atomic E-state index is 0.0334. The molecule has 1 aromatic carbocycles. The van der Waals surface area contributed by atoms with Crippen molar-refractivity contribution in [3.05, 3.63) is 65.6 Å². The maximum Gasteiger partial charge on any atom is 0.254 e. The van der Waals surface area contributed by atoms with Gasteiger partial charge in [0.15, 0.2) is 0 Å². The van der Waals surface area contributed by atoms with E-state index < -0.39 is 0 Å². The molecule has 0 saturated carbocycles. The molecule has 1 fully saturated rings. The Hall–Kier alpha value is -3.66. The fraction of sp³-hybridized carbons (Fsp3) is 0.360. The Labute approximate surface area is 188 Å². The molecule has 1 saturated heterocycles. The summed E-state index contributed by atoms with van der Waals surface area (Å²) in [5, 5.41) is 16.7. The summed E-state index contributed by atoms with van der Waals surface area (Å²) in [6, 6.07) is 13.5. The molecule has 1 amide bonds. The van der Waals surface area contributed by atoms with Gasteiger partial charge in [-0.3, -0.25) is 9.48 Å². The number of anilines is 1. The number of aryl methyl sites for hydroxylation is 2. The molecule has 2 atom stereocenters. The topological polar surface area (TPSA) is 86.8 Å². The molecule has 0 aliphatic carbocycles. The summed E-state index contributed by atoms with van der Waals surface area (Å²) in [7, 11) is 1.88. The van der Waals surface area contributed by atoms with Crippen molar-refractivity contribution < 1.29 is 4.79 Å². The molecule has 1 N–H and O–H groups in total. The van der Waals surface area contributed by atoms with Crippen LogP contribution < -0.4 is 5.32 Å². The third-order valence-corrected chi connectivity index (χ3v) is 6.15. The third-order valence-electron chi connectivity index (χ3n) is 6.15. The molecule has 0 bridgehead atoms. The lowest BCUT2D eigenvalue weighted by atomic mass is 9.89. The van der Waals surface area contributed by atoms with E-state index in [1.807, 2.05) is 55.4 Å². The lowest BCUT2D eigenvalue weighted by molar-refractivity contribution is 0.0540. The van der Waals surface area contributed by atoms with Gasteiger partial charge in [0.05, 0.1) is 12.2 Å². The predicted octanol–water partition coefficient (Wildman–Crippen LogP) is 4.02. The van der Waals surface area contributed by atoms with Crippen LogP contribution in [0, 0.1) is 24.2 Å². The number of aromatic nitrogens is 3. The summed E-state index contributed by atoms with van der Waals surface area (Å²) in [4.78, 5) is 20.1. The van der Waals surface area contributed by atoms with Gasteiger partial charge >= 0.3 is 0 Å². The van der Waals surface area contributed by atoms with Crippen LogP contribution in [0.15, 0.2) is 48.8 Å². The van der Waals surface area contributed by atoms with Crippen molar-refractivity contribution in [3.8, 4) is 17.2 Å².